The van der Waals surface area contributed by atoms with Crippen LogP contribution >= 0.6 is 15.9 Å². The molecule has 88 valence electrons. The van der Waals surface area contributed by atoms with Gasteiger partial charge < -0.3 is 5.11 Å². The number of carbonyl (C=O) groups is 1. The summed E-state index contributed by atoms with van der Waals surface area (Å²) in [5.41, 5.74) is -0.651. The highest BCUT2D eigenvalue weighted by molar-refractivity contribution is 9.10. The molecular weight excluding hydrogens is 277 g/mol. The molecule has 0 saturated carbocycles. The van der Waals surface area contributed by atoms with E-state index >= 15 is 0 Å². The molecular formula is C11H13BrFNO2. The molecule has 0 fully saturated rings. The molecule has 3 nitrogen and oxygen atoms in total. The first-order chi connectivity index (χ1) is 7.25. The topological polar surface area (TPSA) is 40.5 Å². The van der Waals surface area contributed by atoms with E-state index in [0.29, 0.717) is 0 Å². The van der Waals surface area contributed by atoms with E-state index in [1.54, 1.807) is 26.8 Å². The first-order valence-electron chi connectivity index (χ1n) is 4.72. The highest BCUT2D eigenvalue weighted by Gasteiger charge is 2.30. The molecule has 0 radical (unpaired) electrons. The zero-order valence-electron chi connectivity index (χ0n) is 9.29. The Labute approximate surface area is 102 Å². The number of nitrogens with zero attached hydrogens (tertiary/aromatic N) is 1. The highest BCUT2D eigenvalue weighted by Crippen LogP contribution is 2.30. The second-order valence-electron chi connectivity index (χ2n) is 4.36. The Morgan fingerprint density at radius 3 is 2.44 bits per heavy atom. The number of anilines is 1. The summed E-state index contributed by atoms with van der Waals surface area (Å²) in [7, 11) is 0. The predicted octanol–water partition coefficient (Wildman–Crippen LogP) is 3.87. The fourth-order valence-electron chi connectivity index (χ4n) is 1.42. The van der Waals surface area contributed by atoms with Gasteiger partial charge in [-0.05, 0) is 48.8 Å². The standard InChI is InChI=1S/C11H13BrFNO2/c1-11(2,3)14(10(15)16)8-6-4-5-7(12)9(8)13/h4-6H,1-3H3,(H,15,16). The summed E-state index contributed by atoms with van der Waals surface area (Å²) in [5.74, 6) is -0.570. The fourth-order valence-corrected chi connectivity index (χ4v) is 1.77. The molecule has 0 aromatic heterocycles. The summed E-state index contributed by atoms with van der Waals surface area (Å²) >= 11 is 3.04. The molecule has 5 heteroatoms. The fraction of sp³-hybridized carbons (Fsp3) is 0.364. The third-order valence-corrected chi connectivity index (χ3v) is 2.65. The van der Waals surface area contributed by atoms with E-state index in [9.17, 15) is 9.18 Å². The third-order valence-electron chi connectivity index (χ3n) is 2.03. The first kappa shape index (κ1) is 13.0. The zero-order chi connectivity index (χ0) is 12.5. The molecule has 0 bridgehead atoms. The van der Waals surface area contributed by atoms with Gasteiger partial charge in [-0.25, -0.2) is 9.18 Å². The molecule has 1 aromatic carbocycles. The monoisotopic (exact) mass is 289 g/mol. The summed E-state index contributed by atoms with van der Waals surface area (Å²) in [6.45, 7) is 5.13. The lowest BCUT2D eigenvalue weighted by molar-refractivity contribution is 0.195. The van der Waals surface area contributed by atoms with Crippen LogP contribution in [0.3, 0.4) is 0 Å². The molecule has 0 unspecified atom stereocenters. The first-order valence-corrected chi connectivity index (χ1v) is 5.51. The summed E-state index contributed by atoms with van der Waals surface area (Å²) in [6, 6.07) is 4.57. The van der Waals surface area contributed by atoms with E-state index in [1.807, 2.05) is 0 Å². The van der Waals surface area contributed by atoms with E-state index in [4.69, 9.17) is 5.11 Å². The van der Waals surface area contributed by atoms with Gasteiger partial charge in [0.25, 0.3) is 0 Å². The van der Waals surface area contributed by atoms with Gasteiger partial charge in [0, 0.05) is 5.54 Å². The van der Waals surface area contributed by atoms with E-state index < -0.39 is 17.4 Å². The van der Waals surface area contributed by atoms with Crippen LogP contribution in [0.5, 0.6) is 0 Å². The number of hydrogen-bond acceptors (Lipinski definition) is 1. The van der Waals surface area contributed by atoms with Crippen molar-refractivity contribution in [2.24, 2.45) is 0 Å². The lowest BCUT2D eigenvalue weighted by Crippen LogP contribution is -2.45. The lowest BCUT2D eigenvalue weighted by atomic mass is 10.1. The van der Waals surface area contributed by atoms with Gasteiger partial charge in [0.2, 0.25) is 0 Å². The Hall–Kier alpha value is -1.10. The van der Waals surface area contributed by atoms with Gasteiger partial charge in [-0.1, -0.05) is 6.07 Å². The van der Waals surface area contributed by atoms with Gasteiger partial charge >= 0.3 is 6.09 Å². The minimum absolute atomic E-state index is 0.0503. The normalized spacial score (nSPS) is 11.3. The summed E-state index contributed by atoms with van der Waals surface area (Å²) in [5, 5.41) is 9.12. The van der Waals surface area contributed by atoms with Crippen LogP contribution in [0.2, 0.25) is 0 Å². The van der Waals surface area contributed by atoms with E-state index in [-0.39, 0.29) is 10.2 Å². The Morgan fingerprint density at radius 2 is 2.00 bits per heavy atom. The van der Waals surface area contributed by atoms with Gasteiger partial charge in [0.1, 0.15) is 0 Å². The molecule has 1 rings (SSSR count). The van der Waals surface area contributed by atoms with Crippen LogP contribution < -0.4 is 4.90 Å². The smallest absolute Gasteiger partial charge is 0.412 e. The van der Waals surface area contributed by atoms with E-state index in [0.717, 1.165) is 4.90 Å². The van der Waals surface area contributed by atoms with Crippen molar-refractivity contribution in [3.63, 3.8) is 0 Å². The average molecular weight is 290 g/mol. The van der Waals surface area contributed by atoms with Crippen molar-refractivity contribution in [1.29, 1.82) is 0 Å². The quantitative estimate of drug-likeness (QED) is 0.853. The van der Waals surface area contributed by atoms with Gasteiger partial charge in [-0.3, -0.25) is 4.90 Å². The van der Waals surface area contributed by atoms with Crippen LogP contribution in [0.15, 0.2) is 22.7 Å². The van der Waals surface area contributed by atoms with Crippen LogP contribution in [-0.4, -0.2) is 16.7 Å². The summed E-state index contributed by atoms with van der Waals surface area (Å²) < 4.78 is 14.0. The number of carboxylic acid groups (broad SMARTS) is 1. The maximum Gasteiger partial charge on any atom is 0.412 e. The average Bonchev–Trinajstić information content (AvgIpc) is 2.09. The van der Waals surface area contributed by atoms with Crippen LogP contribution in [0.1, 0.15) is 20.8 Å². The maximum absolute atomic E-state index is 13.8. The largest absolute Gasteiger partial charge is 0.465 e. The molecule has 0 aliphatic heterocycles. The van der Waals surface area contributed by atoms with Crippen molar-refractivity contribution in [1.82, 2.24) is 0 Å². The summed E-state index contributed by atoms with van der Waals surface area (Å²) in [4.78, 5) is 12.2. The van der Waals surface area contributed by atoms with Gasteiger partial charge in [0.05, 0.1) is 10.2 Å². The van der Waals surface area contributed by atoms with Crippen LogP contribution in [0.25, 0.3) is 0 Å². The van der Waals surface area contributed by atoms with E-state index in [1.165, 1.54) is 12.1 Å². The maximum atomic E-state index is 13.8. The zero-order valence-corrected chi connectivity index (χ0v) is 10.9. The third kappa shape index (κ3) is 2.52. The highest BCUT2D eigenvalue weighted by atomic mass is 79.9. The molecule has 0 heterocycles. The lowest BCUT2D eigenvalue weighted by Gasteiger charge is -2.33. The number of halogens is 2. The van der Waals surface area contributed by atoms with Crippen LogP contribution in [-0.2, 0) is 0 Å². The molecule has 16 heavy (non-hydrogen) atoms. The molecule has 0 spiro atoms. The Kier molecular flexibility index (Phi) is 3.57. The Balaban J connectivity index is 3.33. The van der Waals surface area contributed by atoms with Crippen LogP contribution in [0.4, 0.5) is 14.9 Å². The van der Waals surface area contributed by atoms with Crippen molar-refractivity contribution < 1.29 is 14.3 Å². The molecule has 1 amide bonds. The summed E-state index contributed by atoms with van der Waals surface area (Å²) in [6.07, 6.45) is -1.18. The number of rotatable bonds is 1. The van der Waals surface area contributed by atoms with Crippen molar-refractivity contribution in [3.8, 4) is 0 Å². The predicted molar refractivity (Wildman–Crippen MR) is 64.4 cm³/mol. The second-order valence-corrected chi connectivity index (χ2v) is 5.22. The molecule has 0 aliphatic carbocycles. The Bertz CT molecular complexity index is 415. The van der Waals surface area contributed by atoms with Gasteiger partial charge in [-0.2, -0.15) is 0 Å². The Morgan fingerprint density at radius 1 is 1.44 bits per heavy atom. The second kappa shape index (κ2) is 4.41. The van der Waals surface area contributed by atoms with Gasteiger partial charge in [-0.15, -0.1) is 0 Å². The minimum Gasteiger partial charge on any atom is -0.465 e. The molecule has 0 atom stereocenters. The number of benzene rings is 1. The number of amides is 1. The molecule has 0 saturated heterocycles. The molecule has 0 aliphatic rings. The minimum atomic E-state index is -1.18. The van der Waals surface area contributed by atoms with Crippen molar-refractivity contribution >= 4 is 27.7 Å². The number of hydrogen-bond donors (Lipinski definition) is 1. The molecule has 1 N–H and O–H groups in total. The van der Waals surface area contributed by atoms with E-state index in [2.05, 4.69) is 15.9 Å². The van der Waals surface area contributed by atoms with Crippen LogP contribution in [0, 0.1) is 5.82 Å². The van der Waals surface area contributed by atoms with Crippen molar-refractivity contribution in [2.75, 3.05) is 4.90 Å². The SMILES string of the molecule is CC(C)(C)N(C(=O)O)c1cccc(Br)c1F. The van der Waals surface area contributed by atoms with Crippen molar-refractivity contribution in [3.05, 3.63) is 28.5 Å². The molecule has 1 aromatic rings. The van der Waals surface area contributed by atoms with Gasteiger partial charge in [0.15, 0.2) is 5.82 Å². The van der Waals surface area contributed by atoms with Crippen molar-refractivity contribution in [2.45, 2.75) is 26.3 Å².